The van der Waals surface area contributed by atoms with Gasteiger partial charge in [-0.3, -0.25) is 9.59 Å². The van der Waals surface area contributed by atoms with Gasteiger partial charge in [-0.15, -0.1) is 0 Å². The third-order valence-electron chi connectivity index (χ3n) is 3.23. The van der Waals surface area contributed by atoms with Crippen LogP contribution in [0.15, 0.2) is 48.5 Å². The molecule has 0 aromatic heterocycles. The number of ether oxygens (including phenoxy) is 1. The number of likely N-dealkylation sites (N-methyl/N-ethyl adjacent to an activating group) is 1. The van der Waals surface area contributed by atoms with Crippen molar-refractivity contribution >= 4 is 34.8 Å². The van der Waals surface area contributed by atoms with Crippen molar-refractivity contribution in [2.24, 2.45) is 0 Å². The Hall–Kier alpha value is -2.53. The van der Waals surface area contributed by atoms with E-state index >= 15 is 0 Å². The van der Waals surface area contributed by atoms with E-state index in [4.69, 9.17) is 16.3 Å². The number of hydrogen-bond acceptors (Lipinski definition) is 3. The third kappa shape index (κ3) is 4.02. The zero-order valence-electron chi connectivity index (χ0n) is 12.9. The first kappa shape index (κ1) is 16.8. The van der Waals surface area contributed by atoms with Gasteiger partial charge in [0, 0.05) is 17.3 Å². The van der Waals surface area contributed by atoms with E-state index in [9.17, 15) is 9.59 Å². The Balaban J connectivity index is 2.20. The minimum atomic E-state index is -0.753. The Morgan fingerprint density at radius 1 is 1.17 bits per heavy atom. The van der Waals surface area contributed by atoms with Crippen LogP contribution in [-0.2, 0) is 9.59 Å². The van der Waals surface area contributed by atoms with Crippen LogP contribution in [0.3, 0.4) is 0 Å². The molecular weight excluding hydrogens is 316 g/mol. The monoisotopic (exact) mass is 332 g/mol. The van der Waals surface area contributed by atoms with Gasteiger partial charge in [0.25, 0.3) is 0 Å². The maximum absolute atomic E-state index is 12.4. The number of benzene rings is 2. The highest BCUT2D eigenvalue weighted by Gasteiger charge is 2.23. The van der Waals surface area contributed by atoms with Crippen LogP contribution in [0.5, 0.6) is 5.75 Å². The second kappa shape index (κ2) is 7.65. The molecule has 2 rings (SSSR count). The molecule has 6 heteroatoms. The molecule has 2 amide bonds. The highest BCUT2D eigenvalue weighted by molar-refractivity contribution is 6.44. The molecule has 0 bridgehead atoms. The van der Waals surface area contributed by atoms with Gasteiger partial charge in [-0.25, -0.2) is 0 Å². The number of hydrogen-bond donors (Lipinski definition) is 1. The molecule has 0 saturated heterocycles. The second-order valence-electron chi connectivity index (χ2n) is 4.68. The molecule has 0 atom stereocenters. The van der Waals surface area contributed by atoms with Crippen LogP contribution in [-0.4, -0.2) is 25.5 Å². The van der Waals surface area contributed by atoms with Crippen LogP contribution < -0.4 is 15.0 Å². The molecule has 5 nitrogen and oxygen atoms in total. The number of nitrogens with zero attached hydrogens (tertiary/aromatic N) is 1. The molecule has 0 aliphatic heterocycles. The lowest BCUT2D eigenvalue weighted by Gasteiger charge is -2.20. The van der Waals surface area contributed by atoms with E-state index in [0.717, 1.165) is 0 Å². The maximum atomic E-state index is 12.4. The number of carbonyl (C=O) groups is 2. The Bertz CT molecular complexity index is 704. The molecule has 2 aromatic rings. The van der Waals surface area contributed by atoms with Gasteiger partial charge in [-0.1, -0.05) is 29.8 Å². The highest BCUT2D eigenvalue weighted by atomic mass is 35.5. The number of para-hydroxylation sites is 1. The minimum Gasteiger partial charge on any atom is -0.495 e. The van der Waals surface area contributed by atoms with Crippen LogP contribution >= 0.6 is 11.6 Å². The Morgan fingerprint density at radius 3 is 2.48 bits per heavy atom. The highest BCUT2D eigenvalue weighted by Crippen LogP contribution is 2.27. The summed E-state index contributed by atoms with van der Waals surface area (Å²) in [5, 5.41) is 2.98. The van der Waals surface area contributed by atoms with Crippen LogP contribution in [0.25, 0.3) is 0 Å². The number of anilines is 2. The Labute approximate surface area is 139 Å². The molecule has 1 N–H and O–H groups in total. The summed E-state index contributed by atoms with van der Waals surface area (Å²) in [5.41, 5.74) is 1.01. The van der Waals surface area contributed by atoms with Gasteiger partial charge in [0.05, 0.1) is 12.8 Å². The second-order valence-corrected chi connectivity index (χ2v) is 5.12. The third-order valence-corrected chi connectivity index (χ3v) is 3.47. The van der Waals surface area contributed by atoms with Crippen molar-refractivity contribution in [1.29, 1.82) is 0 Å². The van der Waals surface area contributed by atoms with Crippen molar-refractivity contribution in [1.82, 2.24) is 0 Å². The first-order chi connectivity index (χ1) is 11.1. The van der Waals surface area contributed by atoms with Gasteiger partial charge in [-0.2, -0.15) is 0 Å². The molecule has 0 aliphatic carbocycles. The zero-order chi connectivity index (χ0) is 16.8. The SMILES string of the molecule is CCN(C(=O)C(=O)Nc1cc(Cl)ccc1OC)c1ccccc1. The minimum absolute atomic E-state index is 0.350. The number of amides is 2. The van der Waals surface area contributed by atoms with Crippen LogP contribution in [0.1, 0.15) is 6.92 Å². The summed E-state index contributed by atoms with van der Waals surface area (Å²) in [6.45, 7) is 2.18. The van der Waals surface area contributed by atoms with Gasteiger partial charge in [-0.05, 0) is 37.3 Å². The molecular formula is C17H17ClN2O3. The van der Waals surface area contributed by atoms with E-state index in [-0.39, 0.29) is 0 Å². The topological polar surface area (TPSA) is 58.6 Å². The lowest BCUT2D eigenvalue weighted by molar-refractivity contribution is -0.134. The number of rotatable bonds is 4. The van der Waals surface area contributed by atoms with Crippen LogP contribution in [0.2, 0.25) is 5.02 Å². The van der Waals surface area contributed by atoms with E-state index in [2.05, 4.69) is 5.32 Å². The zero-order valence-corrected chi connectivity index (χ0v) is 13.6. The van der Waals surface area contributed by atoms with E-state index in [0.29, 0.717) is 28.7 Å². The summed E-state index contributed by atoms with van der Waals surface area (Å²) < 4.78 is 5.15. The van der Waals surface area contributed by atoms with Gasteiger partial charge >= 0.3 is 11.8 Å². The van der Waals surface area contributed by atoms with Gasteiger partial charge < -0.3 is 15.0 Å². The number of halogens is 1. The standard InChI is InChI=1S/C17H17ClN2O3/c1-3-20(13-7-5-4-6-8-13)17(22)16(21)19-14-11-12(18)9-10-15(14)23-2/h4-11H,3H2,1-2H3,(H,19,21). The average Bonchev–Trinajstić information content (AvgIpc) is 2.56. The molecule has 0 heterocycles. The fourth-order valence-corrected chi connectivity index (χ4v) is 2.30. The predicted octanol–water partition coefficient (Wildman–Crippen LogP) is 3.34. The molecule has 0 spiro atoms. The Kier molecular flexibility index (Phi) is 5.60. The Morgan fingerprint density at radius 2 is 1.87 bits per heavy atom. The van der Waals surface area contributed by atoms with Crippen LogP contribution in [0.4, 0.5) is 11.4 Å². The molecule has 120 valence electrons. The van der Waals surface area contributed by atoms with E-state index in [1.54, 1.807) is 31.2 Å². The summed E-state index contributed by atoms with van der Waals surface area (Å²) in [5.74, 6) is -0.977. The van der Waals surface area contributed by atoms with Crippen molar-refractivity contribution in [3.05, 3.63) is 53.6 Å². The van der Waals surface area contributed by atoms with E-state index in [1.807, 2.05) is 18.2 Å². The molecule has 0 unspecified atom stereocenters. The smallest absolute Gasteiger partial charge is 0.316 e. The molecule has 0 saturated carbocycles. The van der Waals surface area contributed by atoms with Crippen molar-refractivity contribution in [2.75, 3.05) is 23.9 Å². The molecule has 0 radical (unpaired) electrons. The lowest BCUT2D eigenvalue weighted by Crippen LogP contribution is -2.39. The first-order valence-corrected chi connectivity index (χ1v) is 7.46. The average molecular weight is 333 g/mol. The lowest BCUT2D eigenvalue weighted by atomic mass is 10.2. The maximum Gasteiger partial charge on any atom is 0.316 e. The summed E-state index contributed by atoms with van der Waals surface area (Å²) in [6, 6.07) is 13.8. The molecule has 0 fully saturated rings. The summed E-state index contributed by atoms with van der Waals surface area (Å²) in [7, 11) is 1.48. The molecule has 23 heavy (non-hydrogen) atoms. The summed E-state index contributed by atoms with van der Waals surface area (Å²) >= 11 is 5.92. The number of carbonyl (C=O) groups excluding carboxylic acids is 2. The predicted molar refractivity (Wildman–Crippen MR) is 91.1 cm³/mol. The summed E-state index contributed by atoms with van der Waals surface area (Å²) in [4.78, 5) is 26.1. The van der Waals surface area contributed by atoms with E-state index < -0.39 is 11.8 Å². The molecule has 2 aromatic carbocycles. The van der Waals surface area contributed by atoms with Crippen LogP contribution in [0, 0.1) is 0 Å². The van der Waals surface area contributed by atoms with Gasteiger partial charge in [0.1, 0.15) is 5.75 Å². The number of methoxy groups -OCH3 is 1. The fraction of sp³-hybridized carbons (Fsp3) is 0.176. The van der Waals surface area contributed by atoms with E-state index in [1.165, 1.54) is 18.1 Å². The number of nitrogens with one attached hydrogen (secondary N) is 1. The van der Waals surface area contributed by atoms with Crippen molar-refractivity contribution < 1.29 is 14.3 Å². The van der Waals surface area contributed by atoms with Crippen molar-refractivity contribution in [3.63, 3.8) is 0 Å². The van der Waals surface area contributed by atoms with Crippen molar-refractivity contribution in [2.45, 2.75) is 6.92 Å². The van der Waals surface area contributed by atoms with Gasteiger partial charge in [0.2, 0.25) is 0 Å². The first-order valence-electron chi connectivity index (χ1n) is 7.08. The fourth-order valence-electron chi connectivity index (χ4n) is 2.13. The van der Waals surface area contributed by atoms with Crippen molar-refractivity contribution in [3.8, 4) is 5.75 Å². The van der Waals surface area contributed by atoms with Gasteiger partial charge in [0.15, 0.2) is 0 Å². The summed E-state index contributed by atoms with van der Waals surface area (Å²) in [6.07, 6.45) is 0. The normalized spacial score (nSPS) is 10.0. The molecule has 0 aliphatic rings. The largest absolute Gasteiger partial charge is 0.495 e. The quantitative estimate of drug-likeness (QED) is 0.874.